The molecule has 1 aliphatic heterocycles. The Labute approximate surface area is 147 Å². The van der Waals surface area contributed by atoms with Crippen LogP contribution in [0.4, 0.5) is 0 Å². The van der Waals surface area contributed by atoms with Gasteiger partial charge < -0.3 is 9.64 Å². The van der Waals surface area contributed by atoms with E-state index >= 15 is 0 Å². The van der Waals surface area contributed by atoms with Crippen LogP contribution in [0.5, 0.6) is 5.75 Å². The summed E-state index contributed by atoms with van der Waals surface area (Å²) in [7, 11) is 0. The number of hydrogen-bond acceptors (Lipinski definition) is 4. The molecule has 0 aliphatic carbocycles. The molecule has 0 unspecified atom stereocenters. The minimum atomic E-state index is -0.400. The van der Waals surface area contributed by atoms with Gasteiger partial charge in [0.2, 0.25) is 11.8 Å². The Morgan fingerprint density at radius 3 is 2.68 bits per heavy atom. The van der Waals surface area contributed by atoms with Crippen LogP contribution in [0.15, 0.2) is 24.3 Å². The molecule has 0 atom stereocenters. The van der Waals surface area contributed by atoms with E-state index in [1.54, 1.807) is 0 Å². The van der Waals surface area contributed by atoms with Crippen molar-refractivity contribution >= 4 is 17.7 Å². The Hall–Kier alpha value is -2.57. The van der Waals surface area contributed by atoms with Crippen LogP contribution in [0.3, 0.4) is 0 Å². The molecule has 25 heavy (non-hydrogen) atoms. The number of hydrazine groups is 1. The van der Waals surface area contributed by atoms with Crippen LogP contribution in [-0.4, -0.2) is 42.3 Å². The summed E-state index contributed by atoms with van der Waals surface area (Å²) in [4.78, 5) is 37.0. The number of amides is 3. The molecule has 0 saturated carbocycles. The number of para-hydroxylation sites is 1. The van der Waals surface area contributed by atoms with Gasteiger partial charge in [-0.2, -0.15) is 0 Å². The molecule has 7 nitrogen and oxygen atoms in total. The van der Waals surface area contributed by atoms with Crippen molar-refractivity contribution in [3.8, 4) is 5.75 Å². The average Bonchev–Trinajstić information content (AvgIpc) is 2.79. The quantitative estimate of drug-likeness (QED) is 0.760. The number of aryl methyl sites for hydroxylation is 1. The second kappa shape index (κ2) is 9.66. The van der Waals surface area contributed by atoms with E-state index in [0.717, 1.165) is 30.6 Å². The van der Waals surface area contributed by atoms with E-state index in [0.29, 0.717) is 13.0 Å². The van der Waals surface area contributed by atoms with Gasteiger partial charge in [-0.05, 0) is 31.4 Å². The lowest BCUT2D eigenvalue weighted by molar-refractivity contribution is -0.136. The fourth-order valence-corrected chi connectivity index (χ4v) is 2.59. The Morgan fingerprint density at radius 2 is 1.88 bits per heavy atom. The second-order valence-electron chi connectivity index (χ2n) is 6.09. The number of ether oxygens (including phenoxy) is 1. The maximum absolute atomic E-state index is 11.9. The number of rotatable bonds is 6. The predicted octanol–water partition coefficient (Wildman–Crippen LogP) is 1.31. The maximum atomic E-state index is 11.9. The van der Waals surface area contributed by atoms with Crippen LogP contribution in [0.25, 0.3) is 0 Å². The van der Waals surface area contributed by atoms with Gasteiger partial charge in [0, 0.05) is 13.0 Å². The van der Waals surface area contributed by atoms with Gasteiger partial charge in [0.05, 0.1) is 13.0 Å². The fraction of sp³-hybridized carbons (Fsp3) is 0.500. The molecule has 1 heterocycles. The maximum Gasteiger partial charge on any atom is 0.257 e. The van der Waals surface area contributed by atoms with Crippen molar-refractivity contribution in [1.82, 2.24) is 15.8 Å². The number of nitrogens with zero attached hydrogens (tertiary/aromatic N) is 1. The van der Waals surface area contributed by atoms with Crippen molar-refractivity contribution in [2.75, 3.05) is 19.7 Å². The molecule has 0 radical (unpaired) electrons. The smallest absolute Gasteiger partial charge is 0.257 e. The van der Waals surface area contributed by atoms with Crippen molar-refractivity contribution in [3.05, 3.63) is 29.8 Å². The highest BCUT2D eigenvalue weighted by atomic mass is 16.5. The van der Waals surface area contributed by atoms with Gasteiger partial charge in [-0.3, -0.25) is 25.2 Å². The monoisotopic (exact) mass is 347 g/mol. The average molecular weight is 347 g/mol. The zero-order valence-corrected chi connectivity index (χ0v) is 14.5. The number of carbonyl (C=O) groups is 3. The summed E-state index contributed by atoms with van der Waals surface area (Å²) in [5, 5.41) is 0. The van der Waals surface area contributed by atoms with Crippen molar-refractivity contribution in [2.45, 2.75) is 39.0 Å². The van der Waals surface area contributed by atoms with Gasteiger partial charge in [0.15, 0.2) is 0 Å². The number of carbonyl (C=O) groups excluding carboxylic acids is 3. The molecule has 1 saturated heterocycles. The molecule has 1 fully saturated rings. The molecular formula is C18H25N3O4. The number of hydrogen-bond donors (Lipinski definition) is 2. The molecule has 0 aromatic heterocycles. The van der Waals surface area contributed by atoms with Crippen LogP contribution < -0.4 is 15.6 Å². The molecule has 2 rings (SSSR count). The molecule has 0 spiro atoms. The van der Waals surface area contributed by atoms with Crippen molar-refractivity contribution in [2.24, 2.45) is 0 Å². The van der Waals surface area contributed by atoms with Gasteiger partial charge in [0.1, 0.15) is 12.3 Å². The second-order valence-corrected chi connectivity index (χ2v) is 6.09. The molecule has 136 valence electrons. The topological polar surface area (TPSA) is 87.7 Å². The van der Waals surface area contributed by atoms with Crippen molar-refractivity contribution in [1.29, 1.82) is 0 Å². The molecule has 1 aliphatic rings. The van der Waals surface area contributed by atoms with E-state index in [9.17, 15) is 14.4 Å². The van der Waals surface area contributed by atoms with Gasteiger partial charge in [0.25, 0.3) is 5.91 Å². The van der Waals surface area contributed by atoms with Crippen LogP contribution in [0, 0.1) is 6.92 Å². The summed E-state index contributed by atoms with van der Waals surface area (Å²) in [5.74, 6) is -0.0165. The normalized spacial score (nSPS) is 14.6. The molecule has 3 amide bonds. The minimum Gasteiger partial charge on any atom is -0.493 e. The first-order valence-corrected chi connectivity index (χ1v) is 8.60. The number of likely N-dealkylation sites (tertiary alicyclic amines) is 1. The van der Waals surface area contributed by atoms with Gasteiger partial charge in [-0.25, -0.2) is 0 Å². The molecule has 2 N–H and O–H groups in total. The van der Waals surface area contributed by atoms with E-state index < -0.39 is 5.91 Å². The van der Waals surface area contributed by atoms with Crippen molar-refractivity contribution in [3.63, 3.8) is 0 Å². The molecular weight excluding hydrogens is 322 g/mol. The largest absolute Gasteiger partial charge is 0.493 e. The highest BCUT2D eigenvalue weighted by molar-refractivity contribution is 5.86. The van der Waals surface area contributed by atoms with Crippen LogP contribution in [0.2, 0.25) is 0 Å². The fourth-order valence-electron chi connectivity index (χ4n) is 2.59. The van der Waals surface area contributed by atoms with E-state index in [1.807, 2.05) is 31.2 Å². The van der Waals surface area contributed by atoms with Crippen LogP contribution in [0.1, 0.15) is 37.7 Å². The Balaban J connectivity index is 1.64. The molecule has 1 aromatic carbocycles. The summed E-state index contributed by atoms with van der Waals surface area (Å²) in [6.45, 7) is 2.71. The van der Waals surface area contributed by atoms with Gasteiger partial charge in [-0.15, -0.1) is 0 Å². The SMILES string of the molecule is Cc1ccccc1OCCC(=O)NNC(=O)CN1CCCCCC1=O. The third-order valence-electron chi connectivity index (χ3n) is 4.03. The third kappa shape index (κ3) is 6.45. The number of nitrogens with one attached hydrogen (secondary N) is 2. The molecule has 1 aromatic rings. The van der Waals surface area contributed by atoms with Crippen LogP contribution in [-0.2, 0) is 14.4 Å². The molecule has 7 heteroatoms. The highest BCUT2D eigenvalue weighted by Gasteiger charge is 2.19. The Bertz CT molecular complexity index is 618. The lowest BCUT2D eigenvalue weighted by atomic mass is 10.2. The predicted molar refractivity (Wildman–Crippen MR) is 92.6 cm³/mol. The van der Waals surface area contributed by atoms with Gasteiger partial charge in [-0.1, -0.05) is 24.6 Å². The molecule has 0 bridgehead atoms. The van der Waals surface area contributed by atoms with Gasteiger partial charge >= 0.3 is 0 Å². The first kappa shape index (κ1) is 18.8. The Kier molecular flexibility index (Phi) is 7.25. The highest BCUT2D eigenvalue weighted by Crippen LogP contribution is 2.16. The lowest BCUT2D eigenvalue weighted by Crippen LogP contribution is -2.47. The first-order chi connectivity index (χ1) is 12.1. The van der Waals surface area contributed by atoms with Crippen molar-refractivity contribution < 1.29 is 19.1 Å². The van der Waals surface area contributed by atoms with Crippen LogP contribution >= 0.6 is 0 Å². The summed E-state index contributed by atoms with van der Waals surface area (Å²) in [6.07, 6.45) is 3.38. The lowest BCUT2D eigenvalue weighted by Gasteiger charge is -2.19. The Morgan fingerprint density at radius 1 is 1.12 bits per heavy atom. The summed E-state index contributed by atoms with van der Waals surface area (Å²) in [5.41, 5.74) is 5.69. The summed E-state index contributed by atoms with van der Waals surface area (Å²) in [6, 6.07) is 7.55. The van der Waals surface area contributed by atoms with E-state index in [4.69, 9.17) is 4.74 Å². The zero-order valence-electron chi connectivity index (χ0n) is 14.5. The van der Waals surface area contributed by atoms with E-state index in [2.05, 4.69) is 10.9 Å². The van der Waals surface area contributed by atoms with E-state index in [1.165, 1.54) is 4.90 Å². The van der Waals surface area contributed by atoms with E-state index in [-0.39, 0.29) is 31.4 Å². The standard InChI is InChI=1S/C18H25N3O4/c1-14-7-4-5-8-15(14)25-12-10-16(22)19-20-17(23)13-21-11-6-2-3-9-18(21)24/h4-5,7-8H,2-3,6,9-13H2,1H3,(H,19,22)(H,20,23). The summed E-state index contributed by atoms with van der Waals surface area (Å²) < 4.78 is 5.54. The first-order valence-electron chi connectivity index (χ1n) is 8.60. The summed E-state index contributed by atoms with van der Waals surface area (Å²) >= 11 is 0. The third-order valence-corrected chi connectivity index (χ3v) is 4.03. The minimum absolute atomic E-state index is 0.00870. The number of benzene rings is 1. The zero-order chi connectivity index (χ0) is 18.1.